The Balaban J connectivity index is -0.000000465. The van der Waals surface area contributed by atoms with Gasteiger partial charge in [-0.1, -0.05) is 38.3 Å². The SMILES string of the molecule is C1CCNCC1.O=CO[O-].O=Cc1ccc(Br)cc1F.O=Cc1ccc(Br)cc1N1CCCCC1.[H-].[K+].[K+]. The number of hydrogen-bond acceptors (Lipinski definition) is 7. The van der Waals surface area contributed by atoms with Crippen LogP contribution in [0.15, 0.2) is 45.3 Å². The monoisotopic (exact) mass is 694 g/mol. The van der Waals surface area contributed by atoms with Crippen molar-refractivity contribution in [3.8, 4) is 0 Å². The van der Waals surface area contributed by atoms with E-state index in [2.05, 4.69) is 47.0 Å². The number of rotatable bonds is 4. The van der Waals surface area contributed by atoms with Crippen molar-refractivity contribution >= 4 is 56.6 Å². The molecular formula is C25H31Br2FK2N2O5. The molecule has 0 atom stereocenters. The van der Waals surface area contributed by atoms with Crippen LogP contribution in [0.3, 0.4) is 0 Å². The molecule has 4 rings (SSSR count). The quantitative estimate of drug-likeness (QED) is 0.189. The maximum absolute atomic E-state index is 12.6. The summed E-state index contributed by atoms with van der Waals surface area (Å²) in [5.41, 5.74) is 1.95. The molecule has 194 valence electrons. The van der Waals surface area contributed by atoms with E-state index in [-0.39, 0.29) is 116 Å². The zero-order valence-electron chi connectivity index (χ0n) is 22.4. The standard InChI is InChI=1S/C12H14BrNO.C7H4BrFO.C5H11N.CH2O3.2K.H/c13-11-5-4-10(9-15)12(8-11)14-6-2-1-3-7-14;8-6-2-1-5(4-10)7(9)3-6;1-2-4-6-5-3-1;2-1-4-3;;;/h4-5,8-9H,1-3,6-7H2;1-4H;6H,1-5H2;1,3H;;;/q;;;;2*+1;-1/p-1. The number of benzene rings is 2. The average molecular weight is 697 g/mol. The maximum Gasteiger partial charge on any atom is 1.00 e. The second-order valence-corrected chi connectivity index (χ2v) is 9.49. The molecule has 0 amide bonds. The van der Waals surface area contributed by atoms with Gasteiger partial charge in [0.05, 0.1) is 5.56 Å². The van der Waals surface area contributed by atoms with Gasteiger partial charge >= 0.3 is 103 Å². The van der Waals surface area contributed by atoms with E-state index in [9.17, 15) is 14.0 Å². The molecule has 2 aromatic rings. The molecule has 0 radical (unpaired) electrons. The van der Waals surface area contributed by atoms with Crippen molar-refractivity contribution in [2.24, 2.45) is 0 Å². The minimum Gasteiger partial charge on any atom is -1.00 e. The van der Waals surface area contributed by atoms with Crippen molar-refractivity contribution in [3.63, 3.8) is 0 Å². The van der Waals surface area contributed by atoms with Gasteiger partial charge in [0.25, 0.3) is 6.47 Å². The summed E-state index contributed by atoms with van der Waals surface area (Å²) < 4.78 is 14.3. The number of halogens is 3. The molecule has 37 heavy (non-hydrogen) atoms. The molecule has 0 spiro atoms. The first-order chi connectivity index (χ1) is 17.0. The van der Waals surface area contributed by atoms with Gasteiger partial charge in [0.1, 0.15) is 5.82 Å². The molecule has 2 aliphatic rings. The summed E-state index contributed by atoms with van der Waals surface area (Å²) in [5, 5.41) is 11.7. The van der Waals surface area contributed by atoms with Crippen LogP contribution in [0.1, 0.15) is 60.7 Å². The zero-order valence-corrected chi connectivity index (χ0v) is 30.8. The molecule has 1 N–H and O–H groups in total. The Labute approximate surface area is 321 Å². The van der Waals surface area contributed by atoms with E-state index >= 15 is 0 Å². The van der Waals surface area contributed by atoms with Crippen LogP contribution in [0.2, 0.25) is 0 Å². The van der Waals surface area contributed by atoms with E-state index in [0.29, 0.717) is 10.8 Å². The summed E-state index contributed by atoms with van der Waals surface area (Å²) in [6.07, 6.45) is 9.40. The number of nitrogens with zero attached hydrogens (tertiary/aromatic N) is 1. The van der Waals surface area contributed by atoms with Gasteiger partial charge in [-0.2, -0.15) is 0 Å². The Morgan fingerprint density at radius 2 is 1.32 bits per heavy atom. The van der Waals surface area contributed by atoms with Crippen molar-refractivity contribution < 1.29 is 133 Å². The topological polar surface area (TPSA) is 98.8 Å². The molecule has 0 unspecified atom stereocenters. The van der Waals surface area contributed by atoms with Crippen molar-refractivity contribution in [1.29, 1.82) is 0 Å². The Kier molecular flexibility index (Phi) is 28.4. The van der Waals surface area contributed by atoms with Crippen LogP contribution < -0.4 is 118 Å². The first-order valence-corrected chi connectivity index (χ1v) is 12.9. The van der Waals surface area contributed by atoms with Gasteiger partial charge in [-0.25, -0.2) is 4.39 Å². The second kappa shape index (κ2) is 26.1. The molecule has 0 aromatic heterocycles. The van der Waals surface area contributed by atoms with Gasteiger partial charge in [-0.15, -0.1) is 0 Å². The summed E-state index contributed by atoms with van der Waals surface area (Å²) in [4.78, 5) is 34.6. The molecule has 2 aromatic carbocycles. The van der Waals surface area contributed by atoms with Crippen molar-refractivity contribution in [3.05, 3.63) is 62.3 Å². The zero-order chi connectivity index (χ0) is 25.9. The van der Waals surface area contributed by atoms with Gasteiger partial charge < -0.3 is 21.8 Å². The average Bonchev–Trinajstić information content (AvgIpc) is 2.91. The van der Waals surface area contributed by atoms with Crippen LogP contribution >= 0.6 is 31.9 Å². The van der Waals surface area contributed by atoms with Crippen LogP contribution in [0.25, 0.3) is 0 Å². The number of piperidine rings is 2. The minimum absolute atomic E-state index is 0. The fraction of sp³-hybridized carbons (Fsp3) is 0.400. The number of carbonyl (C=O) groups excluding carboxylic acids is 3. The Morgan fingerprint density at radius 3 is 1.73 bits per heavy atom. The van der Waals surface area contributed by atoms with Crippen molar-refractivity contribution in [1.82, 2.24) is 5.32 Å². The van der Waals surface area contributed by atoms with Gasteiger partial charge in [-0.05, 0) is 81.6 Å². The first-order valence-electron chi connectivity index (χ1n) is 11.3. The third-order valence-corrected chi connectivity index (χ3v) is 6.14. The number of carbonyl (C=O) groups is 3. The first kappa shape index (κ1) is 40.3. The number of hydrogen-bond donors (Lipinski definition) is 1. The molecule has 0 saturated carbocycles. The summed E-state index contributed by atoms with van der Waals surface area (Å²) in [5.74, 6) is -0.496. The fourth-order valence-corrected chi connectivity index (χ4v) is 4.11. The maximum atomic E-state index is 12.6. The Bertz CT molecular complexity index is 914. The van der Waals surface area contributed by atoms with Gasteiger partial charge in [0.2, 0.25) is 0 Å². The van der Waals surface area contributed by atoms with E-state index in [4.69, 9.17) is 10.1 Å². The van der Waals surface area contributed by atoms with Crippen LogP contribution in [0.4, 0.5) is 10.1 Å². The van der Waals surface area contributed by atoms with Crippen LogP contribution in [-0.2, 0) is 9.68 Å². The second-order valence-electron chi connectivity index (χ2n) is 7.66. The molecule has 0 aliphatic carbocycles. The minimum atomic E-state index is -0.496. The third kappa shape index (κ3) is 18.2. The largest absolute Gasteiger partial charge is 1.00 e. The molecule has 7 nitrogen and oxygen atoms in total. The van der Waals surface area contributed by atoms with Crippen molar-refractivity contribution in [2.45, 2.75) is 38.5 Å². The molecular weight excluding hydrogens is 665 g/mol. The van der Waals surface area contributed by atoms with E-state index in [1.165, 1.54) is 63.7 Å². The summed E-state index contributed by atoms with van der Waals surface area (Å²) >= 11 is 6.52. The molecule has 2 fully saturated rings. The van der Waals surface area contributed by atoms with Crippen molar-refractivity contribution in [2.75, 3.05) is 31.1 Å². The van der Waals surface area contributed by atoms with Gasteiger partial charge in [-0.3, -0.25) is 14.4 Å². The van der Waals surface area contributed by atoms with E-state index < -0.39 is 5.82 Å². The molecule has 2 heterocycles. The van der Waals surface area contributed by atoms with E-state index in [1.807, 2.05) is 18.2 Å². The summed E-state index contributed by atoms with van der Waals surface area (Å²) in [6, 6.07) is 10.1. The molecule has 2 saturated heterocycles. The molecule has 0 bridgehead atoms. The van der Waals surface area contributed by atoms with Gasteiger partial charge in [0.15, 0.2) is 12.6 Å². The van der Waals surface area contributed by atoms with E-state index in [0.717, 1.165) is 35.1 Å². The summed E-state index contributed by atoms with van der Waals surface area (Å²) in [7, 11) is 0. The number of nitrogens with one attached hydrogen (secondary N) is 1. The smallest absolute Gasteiger partial charge is 1.00 e. The predicted molar refractivity (Wildman–Crippen MR) is 140 cm³/mol. The third-order valence-electron chi connectivity index (χ3n) is 5.15. The Hall–Kier alpha value is 1.13. The molecule has 12 heteroatoms. The fourth-order valence-electron chi connectivity index (χ4n) is 3.42. The molecule has 2 aliphatic heterocycles. The number of anilines is 1. The Morgan fingerprint density at radius 1 is 0.838 bits per heavy atom. The predicted octanol–water partition coefficient (Wildman–Crippen LogP) is -1.03. The van der Waals surface area contributed by atoms with Crippen LogP contribution in [-0.4, -0.2) is 45.2 Å². The van der Waals surface area contributed by atoms with Crippen LogP contribution in [0.5, 0.6) is 0 Å². The summed E-state index contributed by atoms with van der Waals surface area (Å²) in [6.45, 7) is 4.45. The van der Waals surface area contributed by atoms with E-state index in [1.54, 1.807) is 6.07 Å². The number of aldehydes is 2. The van der Waals surface area contributed by atoms with Gasteiger partial charge in [0, 0.05) is 33.3 Å². The van der Waals surface area contributed by atoms with Crippen LogP contribution in [0, 0.1) is 5.82 Å². The normalized spacial score (nSPS) is 13.7.